The minimum Gasteiger partial charge on any atom is -0.339 e. The van der Waals surface area contributed by atoms with Crippen molar-refractivity contribution in [2.45, 2.75) is 51.9 Å². The predicted molar refractivity (Wildman–Crippen MR) is 101 cm³/mol. The van der Waals surface area contributed by atoms with Gasteiger partial charge in [0.15, 0.2) is 0 Å². The molecule has 1 aliphatic rings. The number of rotatable bonds is 4. The Labute approximate surface area is 168 Å². The highest BCUT2D eigenvalue weighted by molar-refractivity contribution is 5.57. The maximum atomic E-state index is 13.2. The van der Waals surface area contributed by atoms with Crippen molar-refractivity contribution in [3.8, 4) is 11.4 Å². The SMILES string of the molecule is CCc1nc(-c2c3n(c(=O)n(Cc4ccc(C(F)(F)F)cc4)c2=O)CCCC3)no1. The molecule has 1 aromatic carbocycles. The Hall–Kier alpha value is -3.17. The molecule has 1 aliphatic heterocycles. The number of benzene rings is 1. The van der Waals surface area contributed by atoms with Gasteiger partial charge in [0.2, 0.25) is 11.7 Å². The summed E-state index contributed by atoms with van der Waals surface area (Å²) < 4.78 is 46.1. The third-order valence-corrected chi connectivity index (χ3v) is 5.20. The highest BCUT2D eigenvalue weighted by Gasteiger charge is 2.30. The Morgan fingerprint density at radius 1 is 1.13 bits per heavy atom. The van der Waals surface area contributed by atoms with Crippen molar-refractivity contribution < 1.29 is 17.7 Å². The van der Waals surface area contributed by atoms with E-state index in [-0.39, 0.29) is 17.9 Å². The number of hydrogen-bond donors (Lipinski definition) is 0. The zero-order valence-corrected chi connectivity index (χ0v) is 16.2. The first kappa shape index (κ1) is 20.1. The molecule has 3 heterocycles. The Balaban J connectivity index is 1.83. The summed E-state index contributed by atoms with van der Waals surface area (Å²) in [6.45, 7) is 2.14. The fraction of sp³-hybridized carbons (Fsp3) is 0.400. The van der Waals surface area contributed by atoms with Gasteiger partial charge in [-0.25, -0.2) is 4.79 Å². The number of halogens is 3. The van der Waals surface area contributed by atoms with Crippen LogP contribution in [0.4, 0.5) is 13.2 Å². The summed E-state index contributed by atoms with van der Waals surface area (Å²) in [4.78, 5) is 30.5. The van der Waals surface area contributed by atoms with E-state index >= 15 is 0 Å². The van der Waals surface area contributed by atoms with Crippen molar-refractivity contribution in [2.24, 2.45) is 0 Å². The van der Waals surface area contributed by atoms with Crippen molar-refractivity contribution in [1.29, 1.82) is 0 Å². The standard InChI is InChI=1S/C20H19F3N4O3/c1-2-15-24-17(25-30-15)16-14-5-3-4-10-26(14)19(29)27(18(16)28)11-12-6-8-13(9-7-12)20(21,22)23/h6-9H,2-5,10-11H2,1H3. The minimum absolute atomic E-state index is 0.128. The molecule has 3 aromatic rings. The molecular formula is C20H19F3N4O3. The van der Waals surface area contributed by atoms with Crippen LogP contribution >= 0.6 is 0 Å². The summed E-state index contributed by atoms with van der Waals surface area (Å²) in [6, 6.07) is 4.40. The number of hydrogen-bond acceptors (Lipinski definition) is 5. The lowest BCUT2D eigenvalue weighted by atomic mass is 10.0. The zero-order chi connectivity index (χ0) is 21.5. The van der Waals surface area contributed by atoms with Crippen LogP contribution in [0.15, 0.2) is 38.4 Å². The van der Waals surface area contributed by atoms with E-state index in [1.165, 1.54) is 16.7 Å². The molecule has 0 N–H and O–H groups in total. The number of nitrogens with zero attached hydrogens (tertiary/aromatic N) is 4. The molecule has 158 valence electrons. The molecule has 0 saturated carbocycles. The first-order valence-corrected chi connectivity index (χ1v) is 9.65. The third-order valence-electron chi connectivity index (χ3n) is 5.20. The molecule has 0 bridgehead atoms. The van der Waals surface area contributed by atoms with Crippen LogP contribution in [0.25, 0.3) is 11.4 Å². The molecule has 10 heteroatoms. The Bertz CT molecular complexity index is 1190. The van der Waals surface area contributed by atoms with Gasteiger partial charge in [-0.05, 0) is 37.0 Å². The van der Waals surface area contributed by atoms with Crippen molar-refractivity contribution >= 4 is 0 Å². The number of alkyl halides is 3. The van der Waals surface area contributed by atoms with Gasteiger partial charge in [-0.3, -0.25) is 13.9 Å². The van der Waals surface area contributed by atoms with Gasteiger partial charge in [0.05, 0.1) is 12.1 Å². The molecule has 0 unspecified atom stereocenters. The van der Waals surface area contributed by atoms with Gasteiger partial charge in [-0.1, -0.05) is 24.2 Å². The van der Waals surface area contributed by atoms with Gasteiger partial charge in [0.1, 0.15) is 5.56 Å². The largest absolute Gasteiger partial charge is 0.416 e. The van der Waals surface area contributed by atoms with Crippen molar-refractivity contribution in [3.05, 3.63) is 67.8 Å². The maximum absolute atomic E-state index is 13.2. The fourth-order valence-electron chi connectivity index (χ4n) is 3.64. The Morgan fingerprint density at radius 3 is 2.50 bits per heavy atom. The van der Waals surface area contributed by atoms with Gasteiger partial charge >= 0.3 is 11.9 Å². The summed E-state index contributed by atoms with van der Waals surface area (Å²) in [7, 11) is 0. The summed E-state index contributed by atoms with van der Waals surface area (Å²) in [5, 5.41) is 3.90. The molecule has 7 nitrogen and oxygen atoms in total. The van der Waals surface area contributed by atoms with E-state index in [0.29, 0.717) is 36.5 Å². The molecule has 4 rings (SSSR count). The molecule has 0 saturated heterocycles. The first-order valence-electron chi connectivity index (χ1n) is 9.65. The van der Waals surface area contributed by atoms with E-state index in [2.05, 4.69) is 10.1 Å². The number of fused-ring (bicyclic) bond motifs is 1. The summed E-state index contributed by atoms with van der Waals surface area (Å²) in [5.41, 5.74) is -0.658. The van der Waals surface area contributed by atoms with Gasteiger partial charge in [-0.15, -0.1) is 0 Å². The van der Waals surface area contributed by atoms with Crippen LogP contribution in [0.1, 0.15) is 42.5 Å². The zero-order valence-electron chi connectivity index (χ0n) is 16.2. The molecule has 0 atom stereocenters. The highest BCUT2D eigenvalue weighted by atomic mass is 19.4. The van der Waals surface area contributed by atoms with Crippen LogP contribution in [0, 0.1) is 0 Å². The van der Waals surface area contributed by atoms with Gasteiger partial charge in [-0.2, -0.15) is 18.2 Å². The van der Waals surface area contributed by atoms with Crippen LogP contribution in [0.3, 0.4) is 0 Å². The Kier molecular flexibility index (Phi) is 5.08. The van der Waals surface area contributed by atoms with E-state index < -0.39 is 23.0 Å². The van der Waals surface area contributed by atoms with Crippen molar-refractivity contribution in [2.75, 3.05) is 0 Å². The molecular weight excluding hydrogens is 401 g/mol. The smallest absolute Gasteiger partial charge is 0.339 e. The lowest BCUT2D eigenvalue weighted by Crippen LogP contribution is -2.44. The van der Waals surface area contributed by atoms with Crippen molar-refractivity contribution in [3.63, 3.8) is 0 Å². The van der Waals surface area contributed by atoms with E-state index in [9.17, 15) is 22.8 Å². The average Bonchev–Trinajstić information content (AvgIpc) is 3.20. The molecule has 2 aromatic heterocycles. The normalized spacial score (nSPS) is 14.0. The number of aryl methyl sites for hydroxylation is 1. The number of aromatic nitrogens is 4. The van der Waals surface area contributed by atoms with Crippen LogP contribution in [0.5, 0.6) is 0 Å². The second kappa shape index (κ2) is 7.58. The van der Waals surface area contributed by atoms with Crippen LogP contribution in [-0.2, 0) is 32.1 Å². The topological polar surface area (TPSA) is 82.9 Å². The van der Waals surface area contributed by atoms with Crippen LogP contribution < -0.4 is 11.2 Å². The molecule has 0 amide bonds. The lowest BCUT2D eigenvalue weighted by molar-refractivity contribution is -0.137. The van der Waals surface area contributed by atoms with E-state index in [1.807, 2.05) is 6.92 Å². The minimum atomic E-state index is -4.45. The Morgan fingerprint density at radius 2 is 1.87 bits per heavy atom. The summed E-state index contributed by atoms with van der Waals surface area (Å²) in [5.74, 6) is 0.503. The second-order valence-electron chi connectivity index (χ2n) is 7.16. The van der Waals surface area contributed by atoms with Gasteiger partial charge in [0.25, 0.3) is 5.56 Å². The van der Waals surface area contributed by atoms with Crippen molar-refractivity contribution in [1.82, 2.24) is 19.3 Å². The molecule has 0 aliphatic carbocycles. The van der Waals surface area contributed by atoms with Crippen LogP contribution in [0.2, 0.25) is 0 Å². The molecule has 0 fully saturated rings. The van der Waals surface area contributed by atoms with Gasteiger partial charge in [0, 0.05) is 18.7 Å². The van der Waals surface area contributed by atoms with Crippen LogP contribution in [-0.4, -0.2) is 19.3 Å². The lowest BCUT2D eigenvalue weighted by Gasteiger charge is -2.22. The maximum Gasteiger partial charge on any atom is 0.416 e. The van der Waals surface area contributed by atoms with E-state index in [4.69, 9.17) is 4.52 Å². The van der Waals surface area contributed by atoms with Gasteiger partial charge < -0.3 is 4.52 Å². The highest BCUT2D eigenvalue weighted by Crippen LogP contribution is 2.29. The molecule has 0 spiro atoms. The third kappa shape index (κ3) is 3.57. The summed E-state index contributed by atoms with van der Waals surface area (Å²) >= 11 is 0. The first-order chi connectivity index (χ1) is 14.3. The second-order valence-corrected chi connectivity index (χ2v) is 7.16. The fourth-order valence-corrected chi connectivity index (χ4v) is 3.64. The predicted octanol–water partition coefficient (Wildman–Crippen LogP) is 3.03. The average molecular weight is 420 g/mol. The van der Waals surface area contributed by atoms with E-state index in [0.717, 1.165) is 29.5 Å². The van der Waals surface area contributed by atoms with E-state index in [1.54, 1.807) is 0 Å². The molecule has 30 heavy (non-hydrogen) atoms. The monoisotopic (exact) mass is 420 g/mol. The quantitative estimate of drug-likeness (QED) is 0.648. The molecule has 0 radical (unpaired) electrons. The summed E-state index contributed by atoms with van der Waals surface area (Å²) in [6.07, 6.45) is -1.80.